The summed E-state index contributed by atoms with van der Waals surface area (Å²) in [5, 5.41) is 0. The highest BCUT2D eigenvalue weighted by Crippen LogP contribution is 2.73. The highest BCUT2D eigenvalue weighted by atomic mass is 19.2. The van der Waals surface area contributed by atoms with E-state index in [-0.39, 0.29) is 12.3 Å². The number of halogens is 2. The van der Waals surface area contributed by atoms with Gasteiger partial charge in [-0.3, -0.25) is 0 Å². The quantitative estimate of drug-likeness (QED) is 0.572. The van der Waals surface area contributed by atoms with Gasteiger partial charge in [-0.15, -0.1) is 0 Å². The minimum atomic E-state index is -1.21. The van der Waals surface area contributed by atoms with E-state index in [4.69, 9.17) is 0 Å². The summed E-state index contributed by atoms with van der Waals surface area (Å²) < 4.78 is 28.0. The van der Waals surface area contributed by atoms with Crippen molar-refractivity contribution in [3.63, 3.8) is 0 Å². The molecule has 0 spiro atoms. The molecule has 0 N–H and O–H groups in total. The van der Waals surface area contributed by atoms with Gasteiger partial charge in [0.15, 0.2) is 0 Å². The van der Waals surface area contributed by atoms with Crippen molar-refractivity contribution in [3.8, 4) is 0 Å². The lowest BCUT2D eigenvalue weighted by Gasteiger charge is -2.54. The second-order valence-corrected chi connectivity index (χ2v) is 4.94. The van der Waals surface area contributed by atoms with Gasteiger partial charge in [-0.1, -0.05) is 27.2 Å². The molecule has 2 heteroatoms. The Morgan fingerprint density at radius 3 is 2.08 bits per heavy atom. The molecule has 0 aromatic rings. The summed E-state index contributed by atoms with van der Waals surface area (Å²) in [4.78, 5) is 0. The van der Waals surface area contributed by atoms with Crippen molar-refractivity contribution in [2.24, 2.45) is 11.3 Å². The minimum Gasteiger partial charge on any atom is -0.243 e. The Balaban J connectivity index is 2.35. The van der Waals surface area contributed by atoms with Gasteiger partial charge in [0.1, 0.15) is 11.3 Å². The molecular weight excluding hydrogens is 158 g/mol. The van der Waals surface area contributed by atoms with Crippen LogP contribution in [0.1, 0.15) is 40.0 Å². The first-order valence-corrected chi connectivity index (χ1v) is 4.75. The molecule has 12 heavy (non-hydrogen) atoms. The Labute approximate surface area is 72.3 Å². The Bertz CT molecular complexity index is 224. The largest absolute Gasteiger partial charge is 0.243 e. The molecule has 70 valence electrons. The van der Waals surface area contributed by atoms with E-state index in [0.717, 1.165) is 6.42 Å². The molecule has 3 saturated carbocycles. The van der Waals surface area contributed by atoms with E-state index >= 15 is 0 Å². The van der Waals surface area contributed by atoms with Gasteiger partial charge in [0.25, 0.3) is 0 Å². The highest BCUT2D eigenvalue weighted by molar-refractivity contribution is 5.28. The lowest BCUT2D eigenvalue weighted by Crippen LogP contribution is -2.61. The molecule has 0 heterocycles. The predicted octanol–water partition coefficient (Wildman–Crippen LogP) is 3.26. The molecule has 3 atom stereocenters. The van der Waals surface area contributed by atoms with Crippen LogP contribution in [0.4, 0.5) is 8.78 Å². The zero-order valence-corrected chi connectivity index (χ0v) is 7.95. The molecule has 3 aliphatic carbocycles. The van der Waals surface area contributed by atoms with Gasteiger partial charge in [-0.05, 0) is 12.3 Å². The smallest absolute Gasteiger partial charge is 0.125 e. The van der Waals surface area contributed by atoms with Gasteiger partial charge in [0.05, 0.1) is 0 Å². The number of hydrogen-bond acceptors (Lipinski definition) is 0. The molecule has 0 nitrogen and oxygen atoms in total. The Morgan fingerprint density at radius 1 is 1.33 bits per heavy atom. The minimum absolute atomic E-state index is 0.0440. The molecule has 3 unspecified atom stereocenters. The number of hydrogen-bond donors (Lipinski definition) is 0. The monoisotopic (exact) mass is 174 g/mol. The summed E-state index contributed by atoms with van der Waals surface area (Å²) in [6, 6.07) is 0. The van der Waals surface area contributed by atoms with Gasteiger partial charge in [-0.2, -0.15) is 0 Å². The van der Waals surface area contributed by atoms with Crippen molar-refractivity contribution in [2.75, 3.05) is 0 Å². The third kappa shape index (κ3) is 0.570. The number of alkyl halides is 2. The van der Waals surface area contributed by atoms with Gasteiger partial charge in [-0.25, -0.2) is 8.78 Å². The van der Waals surface area contributed by atoms with Crippen LogP contribution in [-0.2, 0) is 0 Å². The maximum atomic E-state index is 14.1. The summed E-state index contributed by atoms with van der Waals surface area (Å²) in [7, 11) is 0. The van der Waals surface area contributed by atoms with Crippen LogP contribution in [-0.4, -0.2) is 11.3 Å². The summed E-state index contributed by atoms with van der Waals surface area (Å²) in [6.07, 6.45) is 1.35. The van der Waals surface area contributed by atoms with E-state index in [2.05, 4.69) is 0 Å². The fourth-order valence-electron chi connectivity index (χ4n) is 3.12. The number of fused-ring (bicyclic) bond motifs is 1. The van der Waals surface area contributed by atoms with Crippen LogP contribution in [0, 0.1) is 11.3 Å². The Morgan fingerprint density at radius 2 is 1.92 bits per heavy atom. The van der Waals surface area contributed by atoms with Crippen molar-refractivity contribution in [1.29, 1.82) is 0 Å². The van der Waals surface area contributed by atoms with Gasteiger partial charge in [0.2, 0.25) is 0 Å². The van der Waals surface area contributed by atoms with E-state index < -0.39 is 16.8 Å². The Hall–Kier alpha value is -0.140. The third-order valence-electron chi connectivity index (χ3n) is 4.41. The average Bonchev–Trinajstić information content (AvgIpc) is 2.33. The third-order valence-corrected chi connectivity index (χ3v) is 4.41. The van der Waals surface area contributed by atoms with Crippen LogP contribution >= 0.6 is 0 Å². The molecular formula is C10H16F2. The first-order chi connectivity index (χ1) is 5.37. The molecule has 0 amide bonds. The second kappa shape index (κ2) is 1.85. The maximum absolute atomic E-state index is 14.1. The van der Waals surface area contributed by atoms with Crippen molar-refractivity contribution < 1.29 is 8.78 Å². The molecule has 0 radical (unpaired) electrons. The maximum Gasteiger partial charge on any atom is 0.125 e. The lowest BCUT2D eigenvalue weighted by molar-refractivity contribution is -0.171. The zero-order chi connectivity index (χ0) is 9.20. The van der Waals surface area contributed by atoms with Gasteiger partial charge < -0.3 is 0 Å². The highest BCUT2D eigenvalue weighted by Gasteiger charge is 2.79. The van der Waals surface area contributed by atoms with E-state index in [1.54, 1.807) is 13.8 Å². The van der Waals surface area contributed by atoms with Crippen molar-refractivity contribution >= 4 is 0 Å². The summed E-state index contributed by atoms with van der Waals surface area (Å²) in [6.45, 7) is 5.41. The molecule has 3 rings (SSSR count). The van der Waals surface area contributed by atoms with Crippen LogP contribution in [0.2, 0.25) is 0 Å². The number of rotatable bonds is 1. The standard InChI is InChI=1S/C10H16F2/c1-4-7-5-9(11)6-10(7,12)8(9,2)3/h7H,4-6H2,1-3H3. The molecule has 0 aromatic carbocycles. The van der Waals surface area contributed by atoms with Gasteiger partial charge in [0, 0.05) is 11.8 Å². The zero-order valence-electron chi connectivity index (χ0n) is 7.95. The second-order valence-electron chi connectivity index (χ2n) is 4.94. The van der Waals surface area contributed by atoms with Crippen LogP contribution in [0.15, 0.2) is 0 Å². The predicted molar refractivity (Wildman–Crippen MR) is 44.5 cm³/mol. The fraction of sp³-hybridized carbons (Fsp3) is 1.00. The van der Waals surface area contributed by atoms with E-state index in [1.807, 2.05) is 6.92 Å². The topological polar surface area (TPSA) is 0 Å². The van der Waals surface area contributed by atoms with Gasteiger partial charge >= 0.3 is 0 Å². The molecule has 0 aliphatic heterocycles. The fourth-order valence-corrected chi connectivity index (χ4v) is 3.12. The normalized spacial score (nSPS) is 55.2. The van der Waals surface area contributed by atoms with Crippen molar-refractivity contribution in [2.45, 2.75) is 51.4 Å². The van der Waals surface area contributed by atoms with E-state index in [1.165, 1.54) is 0 Å². The summed E-state index contributed by atoms with van der Waals surface area (Å²) in [5.74, 6) is -0.0440. The van der Waals surface area contributed by atoms with Crippen LogP contribution in [0.3, 0.4) is 0 Å². The molecule has 2 bridgehead atoms. The molecule has 0 saturated heterocycles. The first kappa shape index (κ1) is 8.46. The van der Waals surface area contributed by atoms with Crippen LogP contribution in [0.25, 0.3) is 0 Å². The van der Waals surface area contributed by atoms with Crippen LogP contribution in [0.5, 0.6) is 0 Å². The molecule has 3 fully saturated rings. The van der Waals surface area contributed by atoms with Crippen LogP contribution < -0.4 is 0 Å². The van der Waals surface area contributed by atoms with Crippen molar-refractivity contribution in [3.05, 3.63) is 0 Å². The van der Waals surface area contributed by atoms with Crippen molar-refractivity contribution in [1.82, 2.24) is 0 Å². The lowest BCUT2D eigenvalue weighted by atomic mass is 9.56. The van der Waals surface area contributed by atoms with E-state index in [9.17, 15) is 8.78 Å². The Kier molecular flexibility index (Phi) is 1.31. The summed E-state index contributed by atoms with van der Waals surface area (Å²) >= 11 is 0. The summed E-state index contributed by atoms with van der Waals surface area (Å²) in [5.41, 5.74) is -3.15. The molecule has 3 aliphatic rings. The van der Waals surface area contributed by atoms with E-state index in [0.29, 0.717) is 6.42 Å². The average molecular weight is 174 g/mol. The first-order valence-electron chi connectivity index (χ1n) is 4.75. The molecule has 0 aromatic heterocycles. The SMILES string of the molecule is CCC1CC2(F)CC1(F)C2(C)C.